The molecule has 2 aromatic rings. The van der Waals surface area contributed by atoms with E-state index in [1.54, 1.807) is 0 Å². The van der Waals surface area contributed by atoms with Crippen molar-refractivity contribution in [3.8, 4) is 17.5 Å². The second-order valence-corrected chi connectivity index (χ2v) is 5.12. The van der Waals surface area contributed by atoms with Gasteiger partial charge in [-0.2, -0.15) is 22.8 Å². The van der Waals surface area contributed by atoms with Crippen molar-refractivity contribution in [1.29, 1.82) is 0 Å². The fourth-order valence-electron chi connectivity index (χ4n) is 1.45. The van der Waals surface area contributed by atoms with Crippen LogP contribution in [0.2, 0.25) is 0 Å². The van der Waals surface area contributed by atoms with Crippen LogP contribution in [0.5, 0.6) is 17.5 Å². The van der Waals surface area contributed by atoms with E-state index >= 15 is 0 Å². The fraction of sp³-hybridized carbons (Fsp3) is 0.286. The number of methoxy groups -OCH3 is 2. The number of nitrogens with zero attached hydrogens (tertiary/aromatic N) is 4. The van der Waals surface area contributed by atoms with Crippen LogP contribution in [0.1, 0.15) is 0 Å². The van der Waals surface area contributed by atoms with Crippen LogP contribution in [0.15, 0.2) is 35.0 Å². The predicted molar refractivity (Wildman–Crippen MR) is 98.4 cm³/mol. The van der Waals surface area contributed by atoms with E-state index in [0.717, 1.165) is 6.20 Å². The number of carbonyl (C=O) groups is 1. The first-order valence-electron chi connectivity index (χ1n) is 7.33. The van der Waals surface area contributed by atoms with Gasteiger partial charge in [-0.1, -0.05) is 4.36 Å². The molecule has 0 aromatic carbocycles. The molecule has 2 aromatic heterocycles. The van der Waals surface area contributed by atoms with E-state index in [2.05, 4.69) is 24.1 Å². The van der Waals surface area contributed by atoms with Crippen LogP contribution in [-0.4, -0.2) is 86.0 Å². The van der Waals surface area contributed by atoms with Crippen molar-refractivity contribution in [3.05, 3.63) is 30.6 Å². The Morgan fingerprint density at radius 3 is 2.20 bits per heavy atom. The van der Waals surface area contributed by atoms with Crippen LogP contribution in [0.25, 0.3) is 0 Å². The molecule has 30 heavy (non-hydrogen) atoms. The van der Waals surface area contributed by atoms with Gasteiger partial charge < -0.3 is 14.2 Å². The summed E-state index contributed by atoms with van der Waals surface area (Å²) in [6.07, 6.45) is -3.13. The molecule has 0 radical (unpaired) electrons. The Balaban J connectivity index is 0.000000573. The molecule has 2 amide bonds. The van der Waals surface area contributed by atoms with E-state index in [-0.39, 0.29) is 53.0 Å². The molecule has 0 spiro atoms. The topological polar surface area (TPSA) is 142 Å². The molecular formula is C14H15F3N5NaO6S. The first-order valence-corrected chi connectivity index (χ1v) is 8.36. The molecule has 160 valence electrons. The van der Waals surface area contributed by atoms with Crippen molar-refractivity contribution >= 4 is 52.0 Å². The molecule has 0 bridgehead atoms. The molecule has 2 heterocycles. The van der Waals surface area contributed by atoms with E-state index in [9.17, 15) is 26.4 Å². The van der Waals surface area contributed by atoms with Gasteiger partial charge in [-0.15, -0.1) is 0 Å². The standard InChI is InChI=1S/C7H6F3NO.C7H8N4O5S.Na.H/c8-6(9)7(10)12-5-2-1-3-11-4-5;1-15-4-3-5(16-2)9-6(8-4)10-7(12)11-17(13)14;;/h1-4,6-7H;3H,1-2H3,(H,8,9,10,12);;. The van der Waals surface area contributed by atoms with Crippen LogP contribution in [0.3, 0.4) is 0 Å². The number of rotatable bonds is 6. The van der Waals surface area contributed by atoms with Gasteiger partial charge in [0.25, 0.3) is 6.36 Å². The number of hydrogen-bond acceptors (Lipinski definition) is 9. The van der Waals surface area contributed by atoms with Crippen molar-refractivity contribution in [2.24, 2.45) is 4.36 Å². The van der Waals surface area contributed by atoms with Crippen molar-refractivity contribution in [2.75, 3.05) is 19.5 Å². The Labute approximate surface area is 192 Å². The monoisotopic (exact) mass is 461 g/mol. The van der Waals surface area contributed by atoms with E-state index in [1.807, 2.05) is 5.32 Å². The minimum atomic E-state index is -3.13. The van der Waals surface area contributed by atoms with Gasteiger partial charge in [0.1, 0.15) is 5.75 Å². The number of aromatic nitrogens is 3. The van der Waals surface area contributed by atoms with Crippen molar-refractivity contribution in [2.45, 2.75) is 12.8 Å². The van der Waals surface area contributed by atoms with Crippen molar-refractivity contribution in [1.82, 2.24) is 15.0 Å². The fourth-order valence-corrected chi connectivity index (χ4v) is 1.63. The molecule has 2 rings (SSSR count). The summed E-state index contributed by atoms with van der Waals surface area (Å²) in [6, 6.07) is 3.09. The summed E-state index contributed by atoms with van der Waals surface area (Å²) in [6.45, 7) is 0. The van der Waals surface area contributed by atoms with Crippen LogP contribution in [-0.2, 0) is 10.5 Å². The Morgan fingerprint density at radius 2 is 1.77 bits per heavy atom. The number of hydrogen-bond donors (Lipinski definition) is 1. The third-order valence-electron chi connectivity index (χ3n) is 2.55. The summed E-state index contributed by atoms with van der Waals surface area (Å²) in [5.41, 5.74) is 0. The zero-order chi connectivity index (χ0) is 21.8. The maximum atomic E-state index is 12.2. The van der Waals surface area contributed by atoms with Gasteiger partial charge >= 0.3 is 52.5 Å². The van der Waals surface area contributed by atoms with Crippen LogP contribution < -0.4 is 19.5 Å². The normalized spacial score (nSPS) is 10.5. The number of ether oxygens (including phenoxy) is 3. The number of anilines is 1. The Hall–Kier alpha value is -2.49. The number of nitrogens with one attached hydrogen (secondary N) is 1. The molecule has 11 nitrogen and oxygen atoms in total. The molecule has 1 atom stereocenters. The Bertz CT molecular complexity index is 909. The SMILES string of the molecule is COc1cc(OC)nc(NC(=O)N=S(=O)=O)n1.FC(F)C(F)Oc1cccnc1.[NaH]. The molecule has 0 aliphatic rings. The molecule has 0 aliphatic carbocycles. The summed E-state index contributed by atoms with van der Waals surface area (Å²) in [5, 5.41) is 2.04. The van der Waals surface area contributed by atoms with Gasteiger partial charge in [-0.05, 0) is 12.1 Å². The molecule has 0 aliphatic heterocycles. The first kappa shape index (κ1) is 27.5. The minimum absolute atomic E-state index is 0. The zero-order valence-corrected chi connectivity index (χ0v) is 15.6. The van der Waals surface area contributed by atoms with Gasteiger partial charge in [0, 0.05) is 6.20 Å². The van der Waals surface area contributed by atoms with E-state index in [0.29, 0.717) is 0 Å². The van der Waals surface area contributed by atoms with Gasteiger partial charge in [-0.25, -0.2) is 13.6 Å². The van der Waals surface area contributed by atoms with Crippen LogP contribution in [0.4, 0.5) is 23.9 Å². The number of carbonyl (C=O) groups excluding carboxylic acids is 1. The molecule has 1 N–H and O–H groups in total. The van der Waals surface area contributed by atoms with Crippen LogP contribution >= 0.6 is 0 Å². The van der Waals surface area contributed by atoms with E-state index in [1.165, 1.54) is 38.6 Å². The predicted octanol–water partition coefficient (Wildman–Crippen LogP) is 1.46. The molecule has 16 heteroatoms. The second-order valence-electron chi connectivity index (χ2n) is 4.51. The number of urea groups is 1. The van der Waals surface area contributed by atoms with Crippen LogP contribution in [0, 0.1) is 0 Å². The maximum absolute atomic E-state index is 12.2. The molecule has 0 fully saturated rings. The van der Waals surface area contributed by atoms with Crippen molar-refractivity contribution in [3.63, 3.8) is 0 Å². The van der Waals surface area contributed by atoms with E-state index < -0.39 is 29.3 Å². The van der Waals surface area contributed by atoms with Gasteiger partial charge in [0.15, 0.2) is 0 Å². The third-order valence-corrected chi connectivity index (χ3v) is 2.87. The van der Waals surface area contributed by atoms with Crippen molar-refractivity contribution < 1.29 is 40.6 Å². The summed E-state index contributed by atoms with van der Waals surface area (Å²) in [7, 11) is -0.108. The average Bonchev–Trinajstić information content (AvgIpc) is 2.68. The first-order chi connectivity index (χ1) is 13.7. The molecule has 0 saturated carbocycles. The number of pyridine rings is 1. The van der Waals surface area contributed by atoms with Gasteiger partial charge in [-0.3, -0.25) is 10.3 Å². The summed E-state index contributed by atoms with van der Waals surface area (Å²) < 4.78 is 72.2. The quantitative estimate of drug-likeness (QED) is 0.633. The van der Waals surface area contributed by atoms with E-state index in [4.69, 9.17) is 9.47 Å². The number of alkyl halides is 3. The third kappa shape index (κ3) is 10.9. The Kier molecular flexibility index (Phi) is 13.3. The number of halogens is 3. The summed E-state index contributed by atoms with van der Waals surface area (Å²) in [4.78, 5) is 22.0. The summed E-state index contributed by atoms with van der Waals surface area (Å²) >= 11 is 0. The second kappa shape index (κ2) is 14.5. The Morgan fingerprint density at radius 1 is 1.17 bits per heavy atom. The summed E-state index contributed by atoms with van der Waals surface area (Å²) in [5.74, 6) is 0.108. The average molecular weight is 461 g/mol. The molecule has 0 saturated heterocycles. The molecule has 1 unspecified atom stereocenters. The van der Waals surface area contributed by atoms with Gasteiger partial charge in [0.2, 0.25) is 17.7 Å². The number of amides is 2. The zero-order valence-electron chi connectivity index (χ0n) is 14.8. The molecular weight excluding hydrogens is 446 g/mol. The van der Waals surface area contributed by atoms with Gasteiger partial charge in [0.05, 0.1) is 26.5 Å².